The standard InChI is InChI=1S/C69H92N7O10/c1-7-9-44-76-58-38-34-49(45-54(58)69(5,6)60(76)40-36-48-25-23-24-47(63(48)86-52-28-14-12-15-29-52)35-39-59-68(3,4)53-30-17-18-32-57(53)75(59)8-2)64(80)71-43-21-19-27-51-46-50(72-51)26-13-10-11-16-33-61(77)70-42-22-20-31-55(65(81)82)73-67(85)74-56(66(83)84)37-41-62(78)79/h12,14-15,17-18,28-30,32,34-36,38-40,45-46,51,55-56,59,72H,1,7-11,13,16,19-27,31,33,37,41-44H2,2-6H3,(H,70,77)(H,71,80)(H,78,79)(H,81,82)(H,83,84)(H2,73,74,85)/q-1/p+1/b39-35+,48-36+,60-40+. The van der Waals surface area contributed by atoms with Crippen molar-refractivity contribution in [3.63, 3.8) is 0 Å². The van der Waals surface area contributed by atoms with Gasteiger partial charge in [-0.2, -0.15) is 6.42 Å². The number of allylic oxidation sites excluding steroid dienone is 7. The summed E-state index contributed by atoms with van der Waals surface area (Å²) in [6, 6.07) is 22.1. The Bertz CT molecular complexity index is 3020. The SMILES string of the molecule is [CH2-]CCCN1/C(=C/C=C2\CCCC(/C=C/C3[NH+](CC)c4ccccc4C3(C)C)=C2Oc2ccccc2)C(C)(C)c2cc(C(=O)NCCCCC3C=C(CCCCCCC(=O)NCCCCC(NC(=O)NC(CCC(=O)O)C(=O)O)C(=O)O)N3)ccc21. The number of quaternary nitrogens is 1. The van der Waals surface area contributed by atoms with Gasteiger partial charge in [-0.1, -0.05) is 81.7 Å². The zero-order chi connectivity index (χ0) is 61.8. The van der Waals surface area contributed by atoms with Gasteiger partial charge in [0.1, 0.15) is 35.3 Å². The molecule has 17 nitrogen and oxygen atoms in total. The van der Waals surface area contributed by atoms with Crippen LogP contribution in [0.2, 0.25) is 0 Å². The highest BCUT2D eigenvalue weighted by molar-refractivity contribution is 5.95. The molecule has 3 aromatic rings. The zero-order valence-electron chi connectivity index (χ0n) is 51.2. The van der Waals surface area contributed by atoms with Gasteiger partial charge < -0.3 is 58.5 Å². The van der Waals surface area contributed by atoms with Gasteiger partial charge in [-0.3, -0.25) is 19.3 Å². The number of carbonyl (C=O) groups excluding carboxylic acids is 3. The van der Waals surface area contributed by atoms with E-state index in [9.17, 15) is 39.0 Å². The number of aliphatic carboxylic acids is 3. The van der Waals surface area contributed by atoms with Gasteiger partial charge in [-0.15, -0.1) is 0 Å². The quantitative estimate of drug-likeness (QED) is 0.0200. The van der Waals surface area contributed by atoms with Crippen LogP contribution < -0.4 is 41.1 Å². The molecule has 5 unspecified atom stereocenters. The fourth-order valence-corrected chi connectivity index (χ4v) is 12.5. The first-order valence-corrected chi connectivity index (χ1v) is 31.3. The van der Waals surface area contributed by atoms with Crippen LogP contribution in [0, 0.1) is 6.92 Å². The topological polar surface area (TPSA) is 240 Å². The summed E-state index contributed by atoms with van der Waals surface area (Å²) in [5.41, 5.74) is 10.2. The van der Waals surface area contributed by atoms with E-state index in [-0.39, 0.29) is 41.5 Å². The molecule has 3 aromatic carbocycles. The summed E-state index contributed by atoms with van der Waals surface area (Å²) in [5, 5.41) is 41.5. The second-order valence-corrected chi connectivity index (χ2v) is 24.4. The molecule has 9 N–H and O–H groups in total. The van der Waals surface area contributed by atoms with Crippen molar-refractivity contribution >= 4 is 47.1 Å². The smallest absolute Gasteiger partial charge is 0.326 e. The monoisotopic (exact) mass is 1180 g/mol. The Morgan fingerprint density at radius 3 is 2.20 bits per heavy atom. The highest BCUT2D eigenvalue weighted by atomic mass is 16.5. The fraction of sp³-hybridized carbons (Fsp3) is 0.493. The molecule has 3 heterocycles. The molecule has 1 aliphatic carbocycles. The van der Waals surface area contributed by atoms with Crippen molar-refractivity contribution < 1.29 is 53.7 Å². The first-order valence-electron chi connectivity index (χ1n) is 31.3. The number of nitrogens with one attached hydrogen (secondary N) is 6. The number of urea groups is 1. The average molecular weight is 1180 g/mol. The van der Waals surface area contributed by atoms with E-state index in [0.717, 1.165) is 119 Å². The predicted molar refractivity (Wildman–Crippen MR) is 336 cm³/mol. The number of likely N-dealkylation sites (N-methyl/N-ethyl adjacent to an activating group) is 1. The number of anilines is 1. The molecule has 0 aromatic heterocycles. The van der Waals surface area contributed by atoms with E-state index in [0.29, 0.717) is 44.0 Å². The number of hydrogen-bond acceptors (Lipinski definition) is 9. The van der Waals surface area contributed by atoms with Crippen LogP contribution in [-0.2, 0) is 30.0 Å². The third-order valence-corrected chi connectivity index (χ3v) is 17.4. The number of benzene rings is 3. The Morgan fingerprint density at radius 1 is 0.779 bits per heavy atom. The maximum absolute atomic E-state index is 13.7. The van der Waals surface area contributed by atoms with Crippen molar-refractivity contribution in [1.82, 2.24) is 26.6 Å². The second-order valence-electron chi connectivity index (χ2n) is 24.4. The molecule has 0 saturated heterocycles. The number of rotatable bonds is 34. The lowest BCUT2D eigenvalue weighted by Crippen LogP contribution is -3.10. The van der Waals surface area contributed by atoms with Crippen LogP contribution in [0.15, 0.2) is 131 Å². The minimum atomic E-state index is -1.48. The van der Waals surface area contributed by atoms with Crippen LogP contribution in [0.4, 0.5) is 16.2 Å². The largest absolute Gasteiger partial charge is 0.481 e. The number of unbranched alkanes of at least 4 members (excludes halogenated alkanes) is 6. The minimum absolute atomic E-state index is 0.0187. The van der Waals surface area contributed by atoms with E-state index in [2.05, 4.69) is 140 Å². The number of amides is 4. The van der Waals surface area contributed by atoms with E-state index in [1.807, 2.05) is 36.4 Å². The molecule has 0 saturated carbocycles. The van der Waals surface area contributed by atoms with Crippen molar-refractivity contribution in [2.45, 2.75) is 192 Å². The summed E-state index contributed by atoms with van der Waals surface area (Å²) in [6.45, 7) is 18.5. The van der Waals surface area contributed by atoms with Crippen LogP contribution in [0.25, 0.3) is 0 Å². The summed E-state index contributed by atoms with van der Waals surface area (Å²) >= 11 is 0. The van der Waals surface area contributed by atoms with E-state index in [4.69, 9.17) is 9.84 Å². The van der Waals surface area contributed by atoms with Gasteiger partial charge in [0.25, 0.3) is 5.91 Å². The van der Waals surface area contributed by atoms with Gasteiger partial charge in [-0.05, 0) is 176 Å². The highest BCUT2D eigenvalue weighted by Crippen LogP contribution is 2.49. The van der Waals surface area contributed by atoms with Crippen LogP contribution >= 0.6 is 0 Å². The van der Waals surface area contributed by atoms with Crippen molar-refractivity contribution in [2.75, 3.05) is 31.1 Å². The van der Waals surface area contributed by atoms with Crippen LogP contribution in [-0.4, -0.2) is 101 Å². The van der Waals surface area contributed by atoms with Crippen molar-refractivity contribution in [3.05, 3.63) is 155 Å². The van der Waals surface area contributed by atoms with Gasteiger partial charge in [0.15, 0.2) is 0 Å². The van der Waals surface area contributed by atoms with Crippen molar-refractivity contribution in [3.8, 4) is 5.75 Å². The van der Waals surface area contributed by atoms with Crippen LogP contribution in [0.5, 0.6) is 5.75 Å². The van der Waals surface area contributed by atoms with Gasteiger partial charge in [0.05, 0.1) is 12.0 Å². The van der Waals surface area contributed by atoms with Gasteiger partial charge in [-0.25, -0.2) is 14.4 Å². The van der Waals surface area contributed by atoms with E-state index in [1.165, 1.54) is 38.7 Å². The van der Waals surface area contributed by atoms with Crippen molar-refractivity contribution in [1.29, 1.82) is 0 Å². The number of hydrogen-bond donors (Lipinski definition) is 9. The molecule has 86 heavy (non-hydrogen) atoms. The third kappa shape index (κ3) is 17.7. The number of para-hydroxylation sites is 2. The summed E-state index contributed by atoms with van der Waals surface area (Å²) < 4.78 is 6.88. The number of carboxylic acid groups (broad SMARTS) is 3. The Balaban J connectivity index is 0.827. The Labute approximate surface area is 508 Å². The van der Waals surface area contributed by atoms with Gasteiger partial charge in [0, 0.05) is 72.1 Å². The first kappa shape index (κ1) is 65.9. The second kappa shape index (κ2) is 31.6. The van der Waals surface area contributed by atoms with E-state index in [1.54, 1.807) is 0 Å². The van der Waals surface area contributed by atoms with Crippen molar-refractivity contribution in [2.24, 2.45) is 0 Å². The maximum atomic E-state index is 13.7. The predicted octanol–water partition coefficient (Wildman–Crippen LogP) is 10.6. The average Bonchev–Trinajstić information content (AvgIpc) is 1.79. The number of carbonyl (C=O) groups is 6. The number of fused-ring (bicyclic) bond motifs is 2. The number of ether oxygens (including phenoxy) is 1. The first-order chi connectivity index (χ1) is 41.3. The summed E-state index contributed by atoms with van der Waals surface area (Å²) in [6.07, 6.45) is 24.4. The molecule has 17 heteroatoms. The molecule has 4 amide bonds. The molecular weight excluding hydrogens is 1090 g/mol. The summed E-state index contributed by atoms with van der Waals surface area (Å²) in [7, 11) is 0. The third-order valence-electron chi connectivity index (χ3n) is 17.4. The zero-order valence-corrected chi connectivity index (χ0v) is 51.2. The van der Waals surface area contributed by atoms with E-state index >= 15 is 0 Å². The van der Waals surface area contributed by atoms with Crippen LogP contribution in [0.3, 0.4) is 0 Å². The minimum Gasteiger partial charge on any atom is -0.481 e. The van der Waals surface area contributed by atoms with E-state index < -0.39 is 42.4 Å². The lowest BCUT2D eigenvalue weighted by Gasteiger charge is -2.28. The molecule has 0 spiro atoms. The van der Waals surface area contributed by atoms with Gasteiger partial charge in [0.2, 0.25) is 5.91 Å². The maximum Gasteiger partial charge on any atom is 0.326 e. The fourth-order valence-electron chi connectivity index (χ4n) is 12.5. The molecular formula is C69H93N7O10. The molecule has 5 atom stereocenters. The molecule has 4 aliphatic rings. The molecule has 464 valence electrons. The summed E-state index contributed by atoms with van der Waals surface area (Å²) in [4.78, 5) is 76.0. The lowest BCUT2D eigenvalue weighted by atomic mass is 9.80. The molecule has 0 fully saturated rings. The summed E-state index contributed by atoms with van der Waals surface area (Å²) in [5.74, 6) is -2.31. The number of nitrogens with zero attached hydrogens (tertiary/aromatic N) is 1. The van der Waals surface area contributed by atoms with Gasteiger partial charge >= 0.3 is 23.9 Å². The Kier molecular flexibility index (Phi) is 24.2. The Morgan fingerprint density at radius 2 is 1.48 bits per heavy atom. The number of carboxylic acids is 3. The Hall–Kier alpha value is -7.66. The molecule has 3 aliphatic heterocycles. The lowest BCUT2D eigenvalue weighted by molar-refractivity contribution is -0.848. The normalized spacial score (nSPS) is 19.9. The molecule has 0 bridgehead atoms. The molecule has 0 radical (unpaired) electrons. The highest BCUT2D eigenvalue weighted by Gasteiger charge is 2.47. The van der Waals surface area contributed by atoms with Crippen LogP contribution in [0.1, 0.15) is 178 Å². The molecule has 7 rings (SSSR count).